The smallest absolute Gasteiger partial charge is 0.335 e. The van der Waals surface area contributed by atoms with E-state index in [9.17, 15) is 29.3 Å². The fourth-order valence-electron chi connectivity index (χ4n) is 4.95. The molecule has 2 aromatic rings. The third-order valence-corrected chi connectivity index (χ3v) is 8.76. The molecule has 0 spiro atoms. The standard InChI is InChI=1S/C30H34N4O10S/c1-30(2)25(33-27(37)24(28(33)45-30)32-26(36)23(31)19-9-5-4-6-10-19)29(38)44-20-13-11-18(17-21(20)41-3)12-14-22(35)42-15-7-8-16-43-34(39)40/h4-6,9-14,17,23-25,28H,7-8,15-16,31H2,1-3H3,(H,32,36)/t23-,24?,25?,28?/m0/s1. The van der Waals surface area contributed by atoms with Crippen LogP contribution in [0.15, 0.2) is 54.6 Å². The van der Waals surface area contributed by atoms with Gasteiger partial charge in [0.25, 0.3) is 5.09 Å². The van der Waals surface area contributed by atoms with E-state index in [2.05, 4.69) is 10.2 Å². The predicted octanol–water partition coefficient (Wildman–Crippen LogP) is 2.39. The molecule has 2 amide bonds. The zero-order chi connectivity index (χ0) is 32.7. The largest absolute Gasteiger partial charge is 0.493 e. The number of nitrogens with two attached hydrogens (primary N) is 1. The van der Waals surface area contributed by atoms with Crippen LogP contribution in [0.25, 0.3) is 6.08 Å². The van der Waals surface area contributed by atoms with Gasteiger partial charge in [-0.2, -0.15) is 0 Å². The molecule has 0 radical (unpaired) electrons. The van der Waals surface area contributed by atoms with Crippen LogP contribution in [0.2, 0.25) is 0 Å². The lowest BCUT2D eigenvalue weighted by atomic mass is 9.95. The maximum absolute atomic E-state index is 13.4. The van der Waals surface area contributed by atoms with Gasteiger partial charge in [-0.1, -0.05) is 36.4 Å². The average Bonchev–Trinajstić information content (AvgIpc) is 3.28. The third kappa shape index (κ3) is 7.91. The number of nitrogens with zero attached hydrogens (tertiary/aromatic N) is 2. The van der Waals surface area contributed by atoms with Crippen molar-refractivity contribution in [3.05, 3.63) is 75.8 Å². The molecule has 0 saturated carbocycles. The molecule has 4 atom stereocenters. The van der Waals surface area contributed by atoms with Crippen molar-refractivity contribution in [3.8, 4) is 11.5 Å². The number of nitrogens with one attached hydrogen (secondary N) is 1. The molecule has 0 bridgehead atoms. The van der Waals surface area contributed by atoms with Crippen LogP contribution in [0.5, 0.6) is 11.5 Å². The first-order valence-electron chi connectivity index (χ1n) is 14.1. The molecule has 2 heterocycles. The normalized spacial score (nSPS) is 20.5. The van der Waals surface area contributed by atoms with Crippen molar-refractivity contribution < 1.29 is 43.3 Å². The molecular formula is C30H34N4O10S. The first kappa shape index (κ1) is 33.3. The van der Waals surface area contributed by atoms with Gasteiger partial charge in [0, 0.05) is 10.8 Å². The van der Waals surface area contributed by atoms with E-state index in [1.165, 1.54) is 42.0 Å². The first-order chi connectivity index (χ1) is 21.4. The molecular weight excluding hydrogens is 608 g/mol. The fourth-order valence-corrected chi connectivity index (χ4v) is 6.57. The summed E-state index contributed by atoms with van der Waals surface area (Å²) in [5.41, 5.74) is 7.27. The second-order valence-electron chi connectivity index (χ2n) is 10.7. The Morgan fingerprint density at radius 3 is 2.53 bits per heavy atom. The number of thioether (sulfide) groups is 1. The van der Waals surface area contributed by atoms with Crippen LogP contribution < -0.4 is 20.5 Å². The van der Waals surface area contributed by atoms with Crippen molar-refractivity contribution in [1.82, 2.24) is 10.2 Å². The summed E-state index contributed by atoms with van der Waals surface area (Å²) in [6.45, 7) is 3.65. The minimum Gasteiger partial charge on any atom is -0.493 e. The summed E-state index contributed by atoms with van der Waals surface area (Å²) in [6.07, 6.45) is 3.46. The van der Waals surface area contributed by atoms with Crippen LogP contribution in [0.4, 0.5) is 0 Å². The van der Waals surface area contributed by atoms with Gasteiger partial charge in [0.15, 0.2) is 11.5 Å². The van der Waals surface area contributed by atoms with E-state index in [1.54, 1.807) is 36.4 Å². The van der Waals surface area contributed by atoms with E-state index in [-0.39, 0.29) is 24.7 Å². The van der Waals surface area contributed by atoms with Crippen molar-refractivity contribution in [2.45, 2.75) is 54.9 Å². The Morgan fingerprint density at radius 2 is 1.84 bits per heavy atom. The van der Waals surface area contributed by atoms with Crippen molar-refractivity contribution in [3.63, 3.8) is 0 Å². The van der Waals surface area contributed by atoms with Crippen molar-refractivity contribution in [1.29, 1.82) is 0 Å². The summed E-state index contributed by atoms with van der Waals surface area (Å²) in [7, 11) is 1.40. The predicted molar refractivity (Wildman–Crippen MR) is 162 cm³/mol. The molecule has 240 valence electrons. The van der Waals surface area contributed by atoms with Crippen molar-refractivity contribution in [2.75, 3.05) is 20.3 Å². The van der Waals surface area contributed by atoms with Gasteiger partial charge in [-0.25, -0.2) is 9.59 Å². The lowest BCUT2D eigenvalue weighted by Gasteiger charge is -2.44. The molecule has 15 heteroatoms. The third-order valence-electron chi connectivity index (χ3n) is 7.19. The number of benzene rings is 2. The van der Waals surface area contributed by atoms with Crippen LogP contribution in [-0.4, -0.2) is 76.3 Å². The molecule has 14 nitrogen and oxygen atoms in total. The van der Waals surface area contributed by atoms with Crippen LogP contribution in [0.1, 0.15) is 43.9 Å². The van der Waals surface area contributed by atoms with Crippen molar-refractivity contribution >= 4 is 41.6 Å². The lowest BCUT2D eigenvalue weighted by molar-refractivity contribution is -0.757. The number of hydrogen-bond donors (Lipinski definition) is 2. The Morgan fingerprint density at radius 1 is 1.13 bits per heavy atom. The van der Waals surface area contributed by atoms with Gasteiger partial charge in [0.1, 0.15) is 23.5 Å². The summed E-state index contributed by atoms with van der Waals surface area (Å²) < 4.78 is 15.4. The van der Waals surface area contributed by atoms with Gasteiger partial charge < -0.3 is 35.0 Å². The van der Waals surface area contributed by atoms with Crippen LogP contribution in [-0.2, 0) is 28.8 Å². The number of esters is 2. The highest BCUT2D eigenvalue weighted by molar-refractivity contribution is 8.01. The number of carbonyl (C=O) groups excluding carboxylic acids is 4. The van der Waals surface area contributed by atoms with Gasteiger partial charge in [-0.15, -0.1) is 21.9 Å². The molecule has 2 aliphatic heterocycles. The fraction of sp³-hybridized carbons (Fsp3) is 0.400. The van der Waals surface area contributed by atoms with Crippen LogP contribution in [0, 0.1) is 10.1 Å². The lowest BCUT2D eigenvalue weighted by Crippen LogP contribution is -2.71. The number of methoxy groups -OCH3 is 1. The highest BCUT2D eigenvalue weighted by Crippen LogP contribution is 2.51. The molecule has 3 unspecified atom stereocenters. The summed E-state index contributed by atoms with van der Waals surface area (Å²) in [4.78, 5) is 67.2. The topological polar surface area (TPSA) is 190 Å². The maximum Gasteiger partial charge on any atom is 0.335 e. The quantitative estimate of drug-likeness (QED) is 0.0583. The Hall–Kier alpha value is -4.63. The second kappa shape index (κ2) is 14.4. The monoisotopic (exact) mass is 642 g/mol. The molecule has 4 rings (SSSR count). The van der Waals surface area contributed by atoms with Gasteiger partial charge in [-0.05, 0) is 56.0 Å². The number of carbonyl (C=O) groups is 4. The molecule has 3 N–H and O–H groups in total. The summed E-state index contributed by atoms with van der Waals surface area (Å²) in [5.74, 6) is -1.82. The van der Waals surface area contributed by atoms with E-state index >= 15 is 0 Å². The minimum absolute atomic E-state index is 0.0764. The highest BCUT2D eigenvalue weighted by Gasteiger charge is 2.64. The summed E-state index contributed by atoms with van der Waals surface area (Å²) in [6, 6.07) is 10.8. The Labute approximate surface area is 263 Å². The molecule has 0 aliphatic carbocycles. The number of ether oxygens (including phenoxy) is 3. The van der Waals surface area contributed by atoms with E-state index in [4.69, 9.17) is 19.9 Å². The Balaban J connectivity index is 1.34. The van der Waals surface area contributed by atoms with E-state index in [0.29, 0.717) is 24.0 Å². The van der Waals surface area contributed by atoms with E-state index < -0.39 is 57.1 Å². The molecule has 2 aromatic carbocycles. The van der Waals surface area contributed by atoms with Crippen LogP contribution in [0.3, 0.4) is 0 Å². The van der Waals surface area contributed by atoms with E-state index in [1.807, 2.05) is 19.9 Å². The average molecular weight is 643 g/mol. The zero-order valence-corrected chi connectivity index (χ0v) is 25.7. The second-order valence-corrected chi connectivity index (χ2v) is 12.5. The highest BCUT2D eigenvalue weighted by atomic mass is 32.2. The molecule has 2 saturated heterocycles. The zero-order valence-electron chi connectivity index (χ0n) is 24.9. The SMILES string of the molecule is COc1cc(C=CC(=O)OCCCCO[N+](=O)[O-])ccc1OC(=O)C1N2C(=O)C(NC(=O)[C@@H](N)c3ccccc3)C2SC1(C)C. The molecule has 2 fully saturated rings. The number of fused-ring (bicyclic) bond motifs is 1. The van der Waals surface area contributed by atoms with Gasteiger partial charge in [0.05, 0.1) is 20.3 Å². The first-order valence-corrected chi connectivity index (χ1v) is 14.9. The number of β-lactam (4-membered cyclic amide) rings is 1. The Bertz CT molecular complexity index is 1470. The minimum atomic E-state index is -0.945. The number of amides is 2. The maximum atomic E-state index is 13.4. The number of hydrogen-bond acceptors (Lipinski definition) is 12. The summed E-state index contributed by atoms with van der Waals surface area (Å²) in [5, 5.41) is 11.5. The molecule has 0 aromatic heterocycles. The number of unbranched alkanes of at least 4 members (excludes halogenated alkanes) is 1. The van der Waals surface area contributed by atoms with Crippen LogP contribution >= 0.6 is 11.8 Å². The number of rotatable bonds is 14. The van der Waals surface area contributed by atoms with Gasteiger partial charge >= 0.3 is 11.9 Å². The molecule has 2 aliphatic rings. The molecule has 45 heavy (non-hydrogen) atoms. The van der Waals surface area contributed by atoms with E-state index in [0.717, 1.165) is 0 Å². The summed E-state index contributed by atoms with van der Waals surface area (Å²) >= 11 is 1.39. The Kier molecular flexibility index (Phi) is 10.7. The van der Waals surface area contributed by atoms with Gasteiger partial charge in [0.2, 0.25) is 11.8 Å². The van der Waals surface area contributed by atoms with Gasteiger partial charge in [-0.3, -0.25) is 9.59 Å². The van der Waals surface area contributed by atoms with Crippen molar-refractivity contribution in [2.24, 2.45) is 5.73 Å².